The summed E-state index contributed by atoms with van der Waals surface area (Å²) in [5.41, 5.74) is 1.82. The Labute approximate surface area is 152 Å². The Hall–Kier alpha value is -2.22. The Kier molecular flexibility index (Phi) is 4.52. The molecule has 0 fully saturated rings. The molecule has 0 saturated carbocycles. The zero-order chi connectivity index (χ0) is 18.3. The summed E-state index contributed by atoms with van der Waals surface area (Å²) in [6, 6.07) is 2.92. The third-order valence-corrected chi connectivity index (χ3v) is 5.84. The third kappa shape index (κ3) is 3.13. The van der Waals surface area contributed by atoms with Crippen LogP contribution in [0.25, 0.3) is 0 Å². The van der Waals surface area contributed by atoms with Gasteiger partial charge in [-0.3, -0.25) is 14.2 Å². The van der Waals surface area contributed by atoms with Crippen molar-refractivity contribution in [2.45, 2.75) is 43.3 Å². The van der Waals surface area contributed by atoms with Gasteiger partial charge >= 0.3 is 0 Å². The van der Waals surface area contributed by atoms with E-state index in [1.807, 2.05) is 0 Å². The fraction of sp³-hybridized carbons (Fsp3) is 0.389. The van der Waals surface area contributed by atoms with E-state index in [2.05, 4.69) is 10.3 Å². The zero-order valence-corrected chi connectivity index (χ0v) is 14.7. The van der Waals surface area contributed by atoms with Crippen LogP contribution in [0.15, 0.2) is 28.2 Å². The number of rotatable bonds is 3. The molecular formula is C18H17F2N3O2S. The number of hydrogen-bond acceptors (Lipinski definition) is 4. The average molecular weight is 377 g/mol. The van der Waals surface area contributed by atoms with Gasteiger partial charge in [0, 0.05) is 29.5 Å². The quantitative estimate of drug-likeness (QED) is 0.835. The third-order valence-electron chi connectivity index (χ3n) is 4.75. The number of nitrogens with one attached hydrogen (secondary N) is 1. The molecular weight excluding hydrogens is 360 g/mol. The van der Waals surface area contributed by atoms with Gasteiger partial charge in [0.2, 0.25) is 5.91 Å². The fourth-order valence-electron chi connectivity index (χ4n) is 3.46. The SMILES string of the molecule is O=C(CC1CSc2nc3c(c(=O)n21)CCCC3)Nc1ccc(F)c(F)c1. The number of benzene rings is 1. The lowest BCUT2D eigenvalue weighted by Crippen LogP contribution is -2.32. The number of carbonyl (C=O) groups is 1. The molecule has 0 radical (unpaired) electrons. The first-order chi connectivity index (χ1) is 12.5. The summed E-state index contributed by atoms with van der Waals surface area (Å²) >= 11 is 1.48. The normalized spacial score (nSPS) is 18.3. The predicted octanol–water partition coefficient (Wildman–Crippen LogP) is 3.08. The van der Waals surface area contributed by atoms with E-state index in [4.69, 9.17) is 0 Å². The molecule has 1 aromatic carbocycles. The molecule has 8 heteroatoms. The first-order valence-corrected chi connectivity index (χ1v) is 9.53. The maximum absolute atomic E-state index is 13.3. The summed E-state index contributed by atoms with van der Waals surface area (Å²) in [5.74, 6) is -1.74. The van der Waals surface area contributed by atoms with E-state index in [0.29, 0.717) is 10.9 Å². The number of aromatic nitrogens is 2. The minimum Gasteiger partial charge on any atom is -0.326 e. The van der Waals surface area contributed by atoms with Crippen molar-refractivity contribution in [2.24, 2.45) is 0 Å². The van der Waals surface area contributed by atoms with Crippen LogP contribution in [0, 0.1) is 11.6 Å². The number of aryl methyl sites for hydroxylation is 1. The molecule has 1 aliphatic heterocycles. The monoisotopic (exact) mass is 377 g/mol. The molecule has 26 heavy (non-hydrogen) atoms. The van der Waals surface area contributed by atoms with Gasteiger partial charge in [0.25, 0.3) is 5.56 Å². The molecule has 0 saturated heterocycles. The minimum absolute atomic E-state index is 0.0414. The topological polar surface area (TPSA) is 64.0 Å². The highest BCUT2D eigenvalue weighted by Gasteiger charge is 2.30. The first-order valence-electron chi connectivity index (χ1n) is 8.55. The number of fused-ring (bicyclic) bond motifs is 2. The van der Waals surface area contributed by atoms with Crippen molar-refractivity contribution in [1.82, 2.24) is 9.55 Å². The highest BCUT2D eigenvalue weighted by atomic mass is 32.2. The van der Waals surface area contributed by atoms with Crippen molar-refractivity contribution >= 4 is 23.4 Å². The number of hydrogen-bond donors (Lipinski definition) is 1. The number of carbonyl (C=O) groups excluding carboxylic acids is 1. The highest BCUT2D eigenvalue weighted by molar-refractivity contribution is 7.99. The number of anilines is 1. The lowest BCUT2D eigenvalue weighted by Gasteiger charge is -2.18. The van der Waals surface area contributed by atoms with E-state index >= 15 is 0 Å². The van der Waals surface area contributed by atoms with Gasteiger partial charge in [0.1, 0.15) is 0 Å². The maximum atomic E-state index is 13.3. The average Bonchev–Trinajstić information content (AvgIpc) is 3.01. The van der Waals surface area contributed by atoms with E-state index in [-0.39, 0.29) is 29.6 Å². The molecule has 4 rings (SSSR count). The Morgan fingerprint density at radius 1 is 1.27 bits per heavy atom. The van der Waals surface area contributed by atoms with E-state index in [1.165, 1.54) is 17.8 Å². The van der Waals surface area contributed by atoms with Crippen LogP contribution in [-0.4, -0.2) is 21.2 Å². The molecule has 0 spiro atoms. The summed E-state index contributed by atoms with van der Waals surface area (Å²) < 4.78 is 27.9. The van der Waals surface area contributed by atoms with Gasteiger partial charge in [-0.25, -0.2) is 13.8 Å². The molecule has 136 valence electrons. The van der Waals surface area contributed by atoms with Crippen LogP contribution in [0.5, 0.6) is 0 Å². The summed E-state index contributed by atoms with van der Waals surface area (Å²) in [7, 11) is 0. The first kappa shape index (κ1) is 17.2. The van der Waals surface area contributed by atoms with Gasteiger partial charge in [0.15, 0.2) is 16.8 Å². The van der Waals surface area contributed by atoms with Crippen molar-refractivity contribution in [3.05, 3.63) is 51.4 Å². The van der Waals surface area contributed by atoms with Crippen LogP contribution in [0.1, 0.15) is 36.6 Å². The second-order valence-electron chi connectivity index (χ2n) is 6.55. The molecule has 1 atom stereocenters. The molecule has 1 amide bonds. The summed E-state index contributed by atoms with van der Waals surface area (Å²) in [6.45, 7) is 0. The molecule has 2 heterocycles. The Morgan fingerprint density at radius 3 is 2.88 bits per heavy atom. The highest BCUT2D eigenvalue weighted by Crippen LogP contribution is 2.34. The summed E-state index contributed by atoms with van der Waals surface area (Å²) in [6.07, 6.45) is 3.69. The van der Waals surface area contributed by atoms with Crippen LogP contribution >= 0.6 is 11.8 Å². The van der Waals surface area contributed by atoms with Crippen LogP contribution in [-0.2, 0) is 17.6 Å². The van der Waals surface area contributed by atoms with Crippen LogP contribution in [0.2, 0.25) is 0 Å². The van der Waals surface area contributed by atoms with Crippen LogP contribution in [0.4, 0.5) is 14.5 Å². The van der Waals surface area contributed by atoms with E-state index in [1.54, 1.807) is 4.57 Å². The van der Waals surface area contributed by atoms with Crippen LogP contribution < -0.4 is 10.9 Å². The molecule has 1 unspecified atom stereocenters. The zero-order valence-electron chi connectivity index (χ0n) is 13.9. The van der Waals surface area contributed by atoms with Crippen molar-refractivity contribution in [1.29, 1.82) is 0 Å². The number of halogens is 2. The lowest BCUT2D eigenvalue weighted by molar-refractivity contribution is -0.116. The fourth-order valence-corrected chi connectivity index (χ4v) is 4.62. The van der Waals surface area contributed by atoms with Gasteiger partial charge in [-0.15, -0.1) is 0 Å². The van der Waals surface area contributed by atoms with Crippen molar-refractivity contribution < 1.29 is 13.6 Å². The molecule has 2 aliphatic rings. The molecule has 1 aromatic heterocycles. The molecule has 1 aliphatic carbocycles. The molecule has 2 aromatic rings. The largest absolute Gasteiger partial charge is 0.326 e. The number of amides is 1. The molecule has 1 N–H and O–H groups in total. The van der Waals surface area contributed by atoms with Crippen molar-refractivity contribution in [3.63, 3.8) is 0 Å². The number of nitrogens with zero attached hydrogens (tertiary/aromatic N) is 2. The standard InChI is InChI=1S/C18H17F2N3O2S/c19-13-6-5-10(7-14(13)20)21-16(24)8-11-9-26-18-22-15-4-2-1-3-12(15)17(25)23(11)18/h5-7,11H,1-4,8-9H2,(H,21,24). The van der Waals surface area contributed by atoms with Crippen molar-refractivity contribution in [3.8, 4) is 0 Å². The van der Waals surface area contributed by atoms with E-state index in [0.717, 1.165) is 49.1 Å². The van der Waals surface area contributed by atoms with E-state index in [9.17, 15) is 18.4 Å². The van der Waals surface area contributed by atoms with Gasteiger partial charge in [-0.05, 0) is 37.8 Å². The van der Waals surface area contributed by atoms with E-state index < -0.39 is 11.6 Å². The minimum atomic E-state index is -1.02. The van der Waals surface area contributed by atoms with Crippen molar-refractivity contribution in [2.75, 3.05) is 11.1 Å². The molecule has 5 nitrogen and oxygen atoms in total. The van der Waals surface area contributed by atoms with Gasteiger partial charge < -0.3 is 5.32 Å². The Morgan fingerprint density at radius 2 is 2.08 bits per heavy atom. The number of thioether (sulfide) groups is 1. The van der Waals surface area contributed by atoms with Crippen LogP contribution in [0.3, 0.4) is 0 Å². The second-order valence-corrected chi connectivity index (χ2v) is 7.54. The second kappa shape index (κ2) is 6.83. The van der Waals surface area contributed by atoms with Gasteiger partial charge in [-0.2, -0.15) is 0 Å². The smallest absolute Gasteiger partial charge is 0.257 e. The van der Waals surface area contributed by atoms with Gasteiger partial charge in [0.05, 0.1) is 11.7 Å². The summed E-state index contributed by atoms with van der Waals surface area (Å²) in [4.78, 5) is 29.7. The predicted molar refractivity (Wildman–Crippen MR) is 94.5 cm³/mol. The Bertz CT molecular complexity index is 945. The Balaban J connectivity index is 1.53. The maximum Gasteiger partial charge on any atom is 0.257 e. The molecule has 0 bridgehead atoms. The van der Waals surface area contributed by atoms with Gasteiger partial charge in [-0.1, -0.05) is 11.8 Å². The lowest BCUT2D eigenvalue weighted by atomic mass is 9.97. The summed E-state index contributed by atoms with van der Waals surface area (Å²) in [5, 5.41) is 3.23.